The van der Waals surface area contributed by atoms with Gasteiger partial charge in [-0.1, -0.05) is 32.0 Å². The lowest BCUT2D eigenvalue weighted by atomic mass is 10.1. The van der Waals surface area contributed by atoms with Crippen molar-refractivity contribution in [2.24, 2.45) is 0 Å². The number of aromatic nitrogens is 1. The van der Waals surface area contributed by atoms with E-state index in [1.807, 2.05) is 42.6 Å². The molecular formula is C14H16N2O. The lowest BCUT2D eigenvalue weighted by Gasteiger charge is -2.02. The molecule has 3 heteroatoms. The van der Waals surface area contributed by atoms with Gasteiger partial charge < -0.3 is 10.3 Å². The van der Waals surface area contributed by atoms with Gasteiger partial charge in [-0.25, -0.2) is 0 Å². The van der Waals surface area contributed by atoms with E-state index < -0.39 is 0 Å². The highest BCUT2D eigenvalue weighted by Crippen LogP contribution is 2.16. The Bertz CT molecular complexity index is 500. The van der Waals surface area contributed by atoms with E-state index in [0.717, 1.165) is 11.3 Å². The first kappa shape index (κ1) is 11.5. The first-order valence-corrected chi connectivity index (χ1v) is 5.71. The van der Waals surface area contributed by atoms with E-state index in [4.69, 9.17) is 0 Å². The van der Waals surface area contributed by atoms with Gasteiger partial charge in [0.05, 0.1) is 0 Å². The molecule has 0 saturated carbocycles. The molecule has 1 heterocycles. The fraction of sp³-hybridized carbons (Fsp3) is 0.214. The molecule has 0 aliphatic carbocycles. The maximum atomic E-state index is 11.9. The summed E-state index contributed by atoms with van der Waals surface area (Å²) in [6.07, 6.45) is 1.88. The average molecular weight is 228 g/mol. The number of carbonyl (C=O) groups is 1. The third-order valence-electron chi connectivity index (χ3n) is 2.65. The predicted octanol–water partition coefficient (Wildman–Crippen LogP) is 3.39. The second-order valence-corrected chi connectivity index (χ2v) is 4.32. The van der Waals surface area contributed by atoms with Gasteiger partial charge in [-0.05, 0) is 29.7 Å². The molecule has 0 aliphatic rings. The Hall–Kier alpha value is -2.03. The minimum Gasteiger partial charge on any atom is -0.357 e. The Morgan fingerprint density at radius 2 is 1.94 bits per heavy atom. The van der Waals surface area contributed by atoms with Crippen molar-refractivity contribution in [1.82, 2.24) is 4.98 Å². The Labute approximate surface area is 101 Å². The third-order valence-corrected chi connectivity index (χ3v) is 2.65. The molecule has 2 aromatic rings. The van der Waals surface area contributed by atoms with E-state index in [1.54, 1.807) is 0 Å². The number of aromatic amines is 1. The van der Waals surface area contributed by atoms with Gasteiger partial charge >= 0.3 is 0 Å². The van der Waals surface area contributed by atoms with Crippen LogP contribution in [0.1, 0.15) is 35.8 Å². The van der Waals surface area contributed by atoms with E-state index in [1.165, 1.54) is 0 Å². The molecule has 0 radical (unpaired) electrons. The fourth-order valence-corrected chi connectivity index (χ4v) is 1.60. The van der Waals surface area contributed by atoms with Gasteiger partial charge in [0.2, 0.25) is 0 Å². The summed E-state index contributed by atoms with van der Waals surface area (Å²) in [6.45, 7) is 4.20. The van der Waals surface area contributed by atoms with Crippen LogP contribution in [0.2, 0.25) is 0 Å². The highest BCUT2D eigenvalue weighted by atomic mass is 16.1. The topological polar surface area (TPSA) is 44.9 Å². The highest BCUT2D eigenvalue weighted by molar-refractivity contribution is 6.03. The van der Waals surface area contributed by atoms with Crippen molar-refractivity contribution < 1.29 is 4.79 Å². The summed E-state index contributed by atoms with van der Waals surface area (Å²) >= 11 is 0. The van der Waals surface area contributed by atoms with Crippen LogP contribution in [0.15, 0.2) is 42.6 Å². The smallest absolute Gasteiger partial charge is 0.272 e. The van der Waals surface area contributed by atoms with Crippen molar-refractivity contribution in [3.05, 3.63) is 53.9 Å². The zero-order valence-electron chi connectivity index (χ0n) is 10.0. The lowest BCUT2D eigenvalue weighted by Crippen LogP contribution is -2.11. The molecule has 1 amide bonds. The molecule has 0 fully saturated rings. The van der Waals surface area contributed by atoms with E-state index >= 15 is 0 Å². The standard InChI is InChI=1S/C14H16N2O/c1-10(2)11-8-13(15-9-11)14(17)16-12-6-4-3-5-7-12/h3-10,15H,1-2H3,(H,16,17). The van der Waals surface area contributed by atoms with E-state index in [-0.39, 0.29) is 5.91 Å². The Kier molecular flexibility index (Phi) is 3.28. The molecule has 0 atom stereocenters. The maximum absolute atomic E-state index is 11.9. The van der Waals surface area contributed by atoms with Crippen molar-refractivity contribution in [3.8, 4) is 0 Å². The van der Waals surface area contributed by atoms with Crippen LogP contribution in [-0.4, -0.2) is 10.9 Å². The van der Waals surface area contributed by atoms with Gasteiger partial charge in [-0.3, -0.25) is 4.79 Å². The van der Waals surface area contributed by atoms with Crippen LogP contribution in [0.25, 0.3) is 0 Å². The molecule has 0 spiro atoms. The summed E-state index contributed by atoms with van der Waals surface area (Å²) in [5.41, 5.74) is 2.54. The summed E-state index contributed by atoms with van der Waals surface area (Å²) in [4.78, 5) is 14.9. The molecule has 17 heavy (non-hydrogen) atoms. The van der Waals surface area contributed by atoms with Crippen LogP contribution in [0.4, 0.5) is 5.69 Å². The summed E-state index contributed by atoms with van der Waals surface area (Å²) in [6, 6.07) is 11.3. The second kappa shape index (κ2) is 4.87. The van der Waals surface area contributed by atoms with Crippen molar-refractivity contribution in [3.63, 3.8) is 0 Å². The minimum atomic E-state index is -0.108. The number of nitrogens with one attached hydrogen (secondary N) is 2. The van der Waals surface area contributed by atoms with Crippen LogP contribution >= 0.6 is 0 Å². The fourth-order valence-electron chi connectivity index (χ4n) is 1.60. The van der Waals surface area contributed by atoms with E-state index in [9.17, 15) is 4.79 Å². The number of benzene rings is 1. The van der Waals surface area contributed by atoms with Crippen LogP contribution in [0, 0.1) is 0 Å². The Morgan fingerprint density at radius 1 is 1.24 bits per heavy atom. The third kappa shape index (κ3) is 2.75. The SMILES string of the molecule is CC(C)c1c[nH]c(C(=O)Nc2ccccc2)c1. The minimum absolute atomic E-state index is 0.108. The molecular weight excluding hydrogens is 212 g/mol. The Morgan fingerprint density at radius 3 is 2.53 bits per heavy atom. The molecule has 0 saturated heterocycles. The number of carbonyl (C=O) groups excluding carboxylic acids is 1. The van der Waals surface area contributed by atoms with Crippen molar-refractivity contribution in [2.75, 3.05) is 5.32 Å². The van der Waals surface area contributed by atoms with E-state index in [0.29, 0.717) is 11.6 Å². The lowest BCUT2D eigenvalue weighted by molar-refractivity contribution is 0.102. The van der Waals surface area contributed by atoms with Crippen LogP contribution in [0.3, 0.4) is 0 Å². The number of rotatable bonds is 3. The van der Waals surface area contributed by atoms with Crippen LogP contribution in [0.5, 0.6) is 0 Å². The molecule has 3 nitrogen and oxygen atoms in total. The maximum Gasteiger partial charge on any atom is 0.272 e. The highest BCUT2D eigenvalue weighted by Gasteiger charge is 2.10. The van der Waals surface area contributed by atoms with Crippen LogP contribution in [-0.2, 0) is 0 Å². The summed E-state index contributed by atoms with van der Waals surface area (Å²) in [5.74, 6) is 0.313. The zero-order valence-corrected chi connectivity index (χ0v) is 10.0. The number of anilines is 1. The molecule has 0 unspecified atom stereocenters. The van der Waals surface area contributed by atoms with Gasteiger partial charge in [0.15, 0.2) is 0 Å². The summed E-state index contributed by atoms with van der Waals surface area (Å²) in [7, 11) is 0. The quantitative estimate of drug-likeness (QED) is 0.831. The van der Waals surface area contributed by atoms with Gasteiger partial charge in [-0.15, -0.1) is 0 Å². The zero-order chi connectivity index (χ0) is 12.3. The summed E-state index contributed by atoms with van der Waals surface area (Å²) in [5, 5.41) is 2.84. The van der Waals surface area contributed by atoms with Gasteiger partial charge in [-0.2, -0.15) is 0 Å². The van der Waals surface area contributed by atoms with Gasteiger partial charge in [0.1, 0.15) is 5.69 Å². The van der Waals surface area contributed by atoms with Crippen molar-refractivity contribution >= 4 is 11.6 Å². The molecule has 0 bridgehead atoms. The second-order valence-electron chi connectivity index (χ2n) is 4.32. The molecule has 2 N–H and O–H groups in total. The summed E-state index contributed by atoms with van der Waals surface area (Å²) < 4.78 is 0. The molecule has 88 valence electrons. The number of amides is 1. The number of para-hydroxylation sites is 1. The van der Waals surface area contributed by atoms with Crippen LogP contribution < -0.4 is 5.32 Å². The monoisotopic (exact) mass is 228 g/mol. The average Bonchev–Trinajstić information content (AvgIpc) is 2.79. The molecule has 1 aromatic carbocycles. The number of H-pyrrole nitrogens is 1. The number of hydrogen-bond donors (Lipinski definition) is 2. The number of hydrogen-bond acceptors (Lipinski definition) is 1. The van der Waals surface area contributed by atoms with Crippen molar-refractivity contribution in [1.29, 1.82) is 0 Å². The molecule has 0 aliphatic heterocycles. The van der Waals surface area contributed by atoms with Gasteiger partial charge in [0.25, 0.3) is 5.91 Å². The molecule has 1 aromatic heterocycles. The molecule has 2 rings (SSSR count). The predicted molar refractivity (Wildman–Crippen MR) is 69.3 cm³/mol. The van der Waals surface area contributed by atoms with E-state index in [2.05, 4.69) is 24.1 Å². The Balaban J connectivity index is 2.10. The normalized spacial score (nSPS) is 10.5. The van der Waals surface area contributed by atoms with Gasteiger partial charge in [0, 0.05) is 11.9 Å². The first-order chi connectivity index (χ1) is 8.16. The van der Waals surface area contributed by atoms with Crippen molar-refractivity contribution in [2.45, 2.75) is 19.8 Å². The largest absolute Gasteiger partial charge is 0.357 e. The first-order valence-electron chi connectivity index (χ1n) is 5.71.